The van der Waals surface area contributed by atoms with E-state index >= 15 is 0 Å². The van der Waals surface area contributed by atoms with Gasteiger partial charge in [0.05, 0.1) is 23.6 Å². The molecular formula is C24H32FN5O2. The molecule has 2 atom stereocenters. The van der Waals surface area contributed by atoms with Crippen molar-refractivity contribution in [3.8, 4) is 0 Å². The fourth-order valence-electron chi connectivity index (χ4n) is 5.24. The monoisotopic (exact) mass is 441 g/mol. The Labute approximate surface area is 188 Å². The molecule has 0 saturated carbocycles. The number of fused-ring (bicyclic) bond motifs is 1. The Morgan fingerprint density at radius 2 is 1.88 bits per heavy atom. The molecule has 0 unspecified atom stereocenters. The summed E-state index contributed by atoms with van der Waals surface area (Å²) in [7, 11) is 0. The molecule has 5 rings (SSSR count). The Hall–Kier alpha value is -2.45. The number of aromatic nitrogens is 2. The van der Waals surface area contributed by atoms with E-state index in [9.17, 15) is 9.18 Å². The molecule has 4 heterocycles. The van der Waals surface area contributed by atoms with Gasteiger partial charge in [0.25, 0.3) is 5.56 Å². The third-order valence-corrected chi connectivity index (χ3v) is 6.72. The van der Waals surface area contributed by atoms with Crippen molar-refractivity contribution >= 4 is 11.6 Å². The summed E-state index contributed by atoms with van der Waals surface area (Å²) in [6.07, 6.45) is 3.10. The van der Waals surface area contributed by atoms with E-state index in [-0.39, 0.29) is 23.6 Å². The van der Waals surface area contributed by atoms with Gasteiger partial charge in [-0.1, -0.05) is 6.07 Å². The number of benzene rings is 1. The van der Waals surface area contributed by atoms with Crippen LogP contribution in [0.25, 0.3) is 0 Å². The van der Waals surface area contributed by atoms with Gasteiger partial charge in [-0.2, -0.15) is 0 Å². The average molecular weight is 442 g/mol. The second-order valence-electron chi connectivity index (χ2n) is 9.42. The second kappa shape index (κ2) is 8.83. The van der Waals surface area contributed by atoms with E-state index in [1.807, 2.05) is 26.0 Å². The Morgan fingerprint density at radius 3 is 2.59 bits per heavy atom. The highest BCUT2D eigenvalue weighted by Crippen LogP contribution is 2.26. The summed E-state index contributed by atoms with van der Waals surface area (Å²) in [6.45, 7) is 9.35. The lowest BCUT2D eigenvalue weighted by Gasteiger charge is -2.36. The molecule has 2 saturated heterocycles. The standard InChI is InChI=1S/C24H32FN5O2/c1-16-12-30(13-17(2)32-16)24-26-21-15-28(10-7-19(21)23(31)27-24)14-18-5-6-22(20(25)11-18)29-8-3-4-9-29/h5-6,11,16-17H,3-4,7-10,12-15H2,1-2H3,(H,26,27,31)/t16-,17+. The lowest BCUT2D eigenvalue weighted by Crippen LogP contribution is -2.47. The van der Waals surface area contributed by atoms with Gasteiger partial charge in [0.15, 0.2) is 0 Å². The fraction of sp³-hybridized carbons (Fsp3) is 0.583. The van der Waals surface area contributed by atoms with Crippen LogP contribution < -0.4 is 15.4 Å². The molecule has 2 fully saturated rings. The highest BCUT2D eigenvalue weighted by molar-refractivity contribution is 5.50. The minimum Gasteiger partial charge on any atom is -0.372 e. The normalized spacial score (nSPS) is 24.1. The number of aromatic amines is 1. The molecule has 0 spiro atoms. The first-order valence-corrected chi connectivity index (χ1v) is 11.7. The first-order chi connectivity index (χ1) is 15.5. The van der Waals surface area contributed by atoms with Crippen LogP contribution in [0.4, 0.5) is 16.0 Å². The van der Waals surface area contributed by atoms with Crippen molar-refractivity contribution in [2.24, 2.45) is 0 Å². The van der Waals surface area contributed by atoms with E-state index in [1.54, 1.807) is 6.07 Å². The number of H-pyrrole nitrogens is 1. The van der Waals surface area contributed by atoms with Crippen molar-refractivity contribution in [2.45, 2.75) is 58.4 Å². The van der Waals surface area contributed by atoms with Crippen molar-refractivity contribution < 1.29 is 9.13 Å². The van der Waals surface area contributed by atoms with Gasteiger partial charge in [0.1, 0.15) is 5.82 Å². The van der Waals surface area contributed by atoms with Crippen LogP contribution in [0.2, 0.25) is 0 Å². The average Bonchev–Trinajstić information content (AvgIpc) is 3.27. The van der Waals surface area contributed by atoms with E-state index in [2.05, 4.69) is 19.7 Å². The van der Waals surface area contributed by atoms with Gasteiger partial charge < -0.3 is 14.5 Å². The summed E-state index contributed by atoms with van der Waals surface area (Å²) in [5, 5.41) is 0. The van der Waals surface area contributed by atoms with E-state index in [1.165, 1.54) is 0 Å². The largest absolute Gasteiger partial charge is 0.372 e. The van der Waals surface area contributed by atoms with Crippen LogP contribution in [-0.2, 0) is 24.2 Å². The van der Waals surface area contributed by atoms with Crippen LogP contribution in [0.3, 0.4) is 0 Å². The van der Waals surface area contributed by atoms with E-state index < -0.39 is 0 Å². The maximum atomic E-state index is 14.7. The molecule has 3 aliphatic heterocycles. The molecule has 172 valence electrons. The smallest absolute Gasteiger partial charge is 0.255 e. The molecule has 0 bridgehead atoms. The first-order valence-electron chi connectivity index (χ1n) is 11.7. The Morgan fingerprint density at radius 1 is 1.12 bits per heavy atom. The molecule has 8 heteroatoms. The first kappa shape index (κ1) is 21.4. The Balaban J connectivity index is 1.31. The highest BCUT2D eigenvalue weighted by Gasteiger charge is 2.27. The van der Waals surface area contributed by atoms with Crippen LogP contribution in [0.15, 0.2) is 23.0 Å². The van der Waals surface area contributed by atoms with Gasteiger partial charge in [-0.15, -0.1) is 0 Å². The second-order valence-corrected chi connectivity index (χ2v) is 9.42. The summed E-state index contributed by atoms with van der Waals surface area (Å²) in [4.78, 5) is 27.0. The lowest BCUT2D eigenvalue weighted by atomic mass is 10.1. The quantitative estimate of drug-likeness (QED) is 0.787. The van der Waals surface area contributed by atoms with Gasteiger partial charge in [0.2, 0.25) is 5.95 Å². The summed E-state index contributed by atoms with van der Waals surface area (Å²) >= 11 is 0. The molecule has 7 nitrogen and oxygen atoms in total. The molecule has 2 aromatic rings. The molecule has 1 aromatic heterocycles. The summed E-state index contributed by atoms with van der Waals surface area (Å²) in [6, 6.07) is 5.60. The molecule has 0 amide bonds. The van der Waals surface area contributed by atoms with Crippen LogP contribution in [0, 0.1) is 5.82 Å². The van der Waals surface area contributed by atoms with Gasteiger partial charge >= 0.3 is 0 Å². The van der Waals surface area contributed by atoms with E-state index in [0.29, 0.717) is 44.2 Å². The molecule has 0 radical (unpaired) electrons. The van der Waals surface area contributed by atoms with Gasteiger partial charge in [-0.3, -0.25) is 14.7 Å². The van der Waals surface area contributed by atoms with Gasteiger partial charge in [0, 0.05) is 51.4 Å². The Bertz CT molecular complexity index is 1030. The zero-order valence-electron chi connectivity index (χ0n) is 18.9. The number of morpholine rings is 1. The van der Waals surface area contributed by atoms with Gasteiger partial charge in [-0.05, 0) is 50.8 Å². The summed E-state index contributed by atoms with van der Waals surface area (Å²) in [5.41, 5.74) is 3.22. The maximum Gasteiger partial charge on any atom is 0.255 e. The van der Waals surface area contributed by atoms with E-state index in [4.69, 9.17) is 9.72 Å². The number of hydrogen-bond acceptors (Lipinski definition) is 6. The third kappa shape index (κ3) is 4.38. The number of anilines is 2. The van der Waals surface area contributed by atoms with Crippen molar-refractivity contribution in [3.63, 3.8) is 0 Å². The van der Waals surface area contributed by atoms with Crippen LogP contribution >= 0.6 is 0 Å². The fourth-order valence-corrected chi connectivity index (χ4v) is 5.24. The summed E-state index contributed by atoms with van der Waals surface area (Å²) in [5.74, 6) is 0.479. The number of halogens is 1. The zero-order valence-corrected chi connectivity index (χ0v) is 18.9. The Kier molecular flexibility index (Phi) is 5.90. The third-order valence-electron chi connectivity index (χ3n) is 6.72. The van der Waals surface area contributed by atoms with Crippen LogP contribution in [-0.4, -0.2) is 59.8 Å². The lowest BCUT2D eigenvalue weighted by molar-refractivity contribution is -0.00576. The van der Waals surface area contributed by atoms with Crippen molar-refractivity contribution in [3.05, 3.63) is 51.2 Å². The number of hydrogen-bond donors (Lipinski definition) is 1. The van der Waals surface area contributed by atoms with Crippen LogP contribution in [0.1, 0.15) is 43.5 Å². The molecule has 32 heavy (non-hydrogen) atoms. The van der Waals surface area contributed by atoms with E-state index in [0.717, 1.165) is 49.3 Å². The predicted octanol–water partition coefficient (Wildman–Crippen LogP) is 2.68. The van der Waals surface area contributed by atoms with Crippen molar-refractivity contribution in [2.75, 3.05) is 42.5 Å². The SMILES string of the molecule is C[C@@H]1CN(c2nc3c(c(=O)[nH]2)CCN(Cc2ccc(N4CCCC4)c(F)c2)C3)C[C@H](C)O1. The maximum absolute atomic E-state index is 14.7. The molecule has 3 aliphatic rings. The number of nitrogens with zero attached hydrogens (tertiary/aromatic N) is 4. The van der Waals surface area contributed by atoms with Crippen molar-refractivity contribution in [1.82, 2.24) is 14.9 Å². The van der Waals surface area contributed by atoms with Crippen LogP contribution in [0.5, 0.6) is 0 Å². The molecule has 1 aromatic carbocycles. The molecular weight excluding hydrogens is 409 g/mol. The number of rotatable bonds is 4. The van der Waals surface area contributed by atoms with Gasteiger partial charge in [-0.25, -0.2) is 9.37 Å². The highest BCUT2D eigenvalue weighted by atomic mass is 19.1. The van der Waals surface area contributed by atoms with Crippen molar-refractivity contribution in [1.29, 1.82) is 0 Å². The topological polar surface area (TPSA) is 64.7 Å². The minimum absolute atomic E-state index is 0.0440. The molecule has 1 N–H and O–H groups in total. The number of ether oxygens (including phenoxy) is 1. The molecule has 0 aliphatic carbocycles. The number of nitrogens with one attached hydrogen (secondary N) is 1. The minimum atomic E-state index is -0.144. The zero-order chi connectivity index (χ0) is 22.2. The predicted molar refractivity (Wildman–Crippen MR) is 123 cm³/mol. The summed E-state index contributed by atoms with van der Waals surface area (Å²) < 4.78 is 20.5.